The first-order valence-corrected chi connectivity index (χ1v) is 14.1. The lowest BCUT2D eigenvalue weighted by atomic mass is 9.99. The average molecular weight is 585 g/mol. The number of hydrogen-bond donors (Lipinski definition) is 4. The van der Waals surface area contributed by atoms with E-state index in [0.717, 1.165) is 22.0 Å². The number of amides is 3. The van der Waals surface area contributed by atoms with Crippen molar-refractivity contribution in [1.29, 1.82) is 0 Å². The second-order valence-corrected chi connectivity index (χ2v) is 10.3. The number of ether oxygens (including phenoxy) is 1. The SMILES string of the molecule is CC(C(=O)O)c1cccc(CNC(=O)[C@H](CCCNC(=O)OCc2ccccc2)NC(=O)c2cc3ccccc3n2C)c1. The van der Waals surface area contributed by atoms with E-state index < -0.39 is 35.8 Å². The number of nitrogens with one attached hydrogen (secondary N) is 3. The topological polar surface area (TPSA) is 139 Å². The number of carboxylic acids is 1. The van der Waals surface area contributed by atoms with Gasteiger partial charge < -0.3 is 30.4 Å². The van der Waals surface area contributed by atoms with Crippen molar-refractivity contribution in [3.8, 4) is 0 Å². The number of carbonyl (C=O) groups is 4. The molecule has 43 heavy (non-hydrogen) atoms. The minimum absolute atomic E-state index is 0.144. The van der Waals surface area contributed by atoms with Gasteiger partial charge in [0, 0.05) is 31.0 Å². The van der Waals surface area contributed by atoms with Crippen molar-refractivity contribution >= 4 is 34.8 Å². The zero-order chi connectivity index (χ0) is 30.8. The van der Waals surface area contributed by atoms with Crippen molar-refractivity contribution in [1.82, 2.24) is 20.5 Å². The predicted octanol–water partition coefficient (Wildman–Crippen LogP) is 4.49. The Hall–Kier alpha value is -5.12. The molecule has 2 atom stereocenters. The van der Waals surface area contributed by atoms with E-state index in [0.29, 0.717) is 17.7 Å². The maximum Gasteiger partial charge on any atom is 0.407 e. The molecule has 10 nitrogen and oxygen atoms in total. The molecule has 0 aliphatic rings. The molecule has 1 aromatic heterocycles. The summed E-state index contributed by atoms with van der Waals surface area (Å²) in [6.45, 7) is 2.15. The highest BCUT2D eigenvalue weighted by Gasteiger charge is 2.23. The van der Waals surface area contributed by atoms with Gasteiger partial charge in [-0.2, -0.15) is 0 Å². The lowest BCUT2D eigenvalue weighted by Gasteiger charge is -2.19. The minimum Gasteiger partial charge on any atom is -0.481 e. The largest absolute Gasteiger partial charge is 0.481 e. The highest BCUT2D eigenvalue weighted by atomic mass is 16.5. The van der Waals surface area contributed by atoms with E-state index in [1.54, 1.807) is 48.9 Å². The number of aliphatic carboxylic acids is 1. The number of carbonyl (C=O) groups excluding carboxylic acids is 3. The molecule has 0 aliphatic carbocycles. The van der Waals surface area contributed by atoms with Crippen LogP contribution in [0.4, 0.5) is 4.79 Å². The summed E-state index contributed by atoms with van der Waals surface area (Å²) in [6.07, 6.45) is 0.0932. The van der Waals surface area contributed by atoms with Crippen LogP contribution in [0.2, 0.25) is 0 Å². The molecular weight excluding hydrogens is 548 g/mol. The van der Waals surface area contributed by atoms with Gasteiger partial charge in [-0.1, -0.05) is 72.8 Å². The molecule has 3 amide bonds. The first-order chi connectivity index (χ1) is 20.7. The van der Waals surface area contributed by atoms with Gasteiger partial charge in [0.2, 0.25) is 5.91 Å². The number of nitrogens with zero attached hydrogens (tertiary/aromatic N) is 1. The summed E-state index contributed by atoms with van der Waals surface area (Å²) in [4.78, 5) is 50.2. The fourth-order valence-corrected chi connectivity index (χ4v) is 4.71. The van der Waals surface area contributed by atoms with E-state index in [2.05, 4.69) is 16.0 Å². The normalized spacial score (nSPS) is 12.2. The van der Waals surface area contributed by atoms with Crippen molar-refractivity contribution in [3.05, 3.63) is 107 Å². The van der Waals surface area contributed by atoms with Gasteiger partial charge in [-0.25, -0.2) is 4.79 Å². The Balaban J connectivity index is 1.38. The zero-order valence-electron chi connectivity index (χ0n) is 24.2. The van der Waals surface area contributed by atoms with E-state index in [1.165, 1.54) is 0 Å². The molecule has 224 valence electrons. The molecule has 4 N–H and O–H groups in total. The van der Waals surface area contributed by atoms with Crippen LogP contribution in [0.1, 0.15) is 52.9 Å². The molecule has 10 heteroatoms. The number of benzene rings is 3. The fourth-order valence-electron chi connectivity index (χ4n) is 4.71. The van der Waals surface area contributed by atoms with Crippen LogP contribution in [0.5, 0.6) is 0 Å². The molecule has 3 aromatic carbocycles. The minimum atomic E-state index is -0.935. The highest BCUT2D eigenvalue weighted by molar-refractivity contribution is 6.00. The van der Waals surface area contributed by atoms with Crippen molar-refractivity contribution < 1.29 is 29.0 Å². The Morgan fingerprint density at radius 1 is 0.884 bits per heavy atom. The Labute approximate surface area is 250 Å². The summed E-state index contributed by atoms with van der Waals surface area (Å²) in [5.74, 6) is -2.41. The number of alkyl carbamates (subject to hydrolysis) is 1. The monoisotopic (exact) mass is 584 g/mol. The van der Waals surface area contributed by atoms with Crippen LogP contribution >= 0.6 is 0 Å². The summed E-state index contributed by atoms with van der Waals surface area (Å²) >= 11 is 0. The maximum absolute atomic E-state index is 13.3. The van der Waals surface area contributed by atoms with E-state index in [9.17, 15) is 24.3 Å². The Bertz CT molecular complexity index is 1580. The van der Waals surface area contributed by atoms with Gasteiger partial charge in [0.15, 0.2) is 0 Å². The van der Waals surface area contributed by atoms with Crippen LogP contribution in [0, 0.1) is 0 Å². The third-order valence-corrected chi connectivity index (χ3v) is 7.25. The van der Waals surface area contributed by atoms with E-state index in [-0.39, 0.29) is 26.1 Å². The summed E-state index contributed by atoms with van der Waals surface area (Å²) in [7, 11) is 1.79. The summed E-state index contributed by atoms with van der Waals surface area (Å²) in [5.41, 5.74) is 3.54. The molecule has 0 spiro atoms. The Morgan fingerprint density at radius 2 is 1.60 bits per heavy atom. The number of aryl methyl sites for hydroxylation is 1. The van der Waals surface area contributed by atoms with Crippen molar-refractivity contribution in [2.75, 3.05) is 6.54 Å². The average Bonchev–Trinajstić information content (AvgIpc) is 3.36. The van der Waals surface area contributed by atoms with Gasteiger partial charge in [-0.05, 0) is 48.6 Å². The van der Waals surface area contributed by atoms with Crippen LogP contribution in [0.15, 0.2) is 84.9 Å². The van der Waals surface area contributed by atoms with Crippen LogP contribution in [0.25, 0.3) is 10.9 Å². The summed E-state index contributed by atoms with van der Waals surface area (Å²) in [6, 6.07) is 24.9. The van der Waals surface area contributed by atoms with Gasteiger partial charge >= 0.3 is 12.1 Å². The lowest BCUT2D eigenvalue weighted by Crippen LogP contribution is -2.47. The fraction of sp³-hybridized carbons (Fsp3) is 0.273. The molecule has 4 rings (SSSR count). The van der Waals surface area contributed by atoms with Crippen molar-refractivity contribution in [3.63, 3.8) is 0 Å². The lowest BCUT2D eigenvalue weighted by molar-refractivity contribution is -0.138. The van der Waals surface area contributed by atoms with E-state index in [4.69, 9.17) is 4.74 Å². The quantitative estimate of drug-likeness (QED) is 0.171. The number of carboxylic acid groups (broad SMARTS) is 1. The third-order valence-electron chi connectivity index (χ3n) is 7.25. The Morgan fingerprint density at radius 3 is 2.35 bits per heavy atom. The number of rotatable bonds is 13. The first-order valence-electron chi connectivity index (χ1n) is 14.1. The van der Waals surface area contributed by atoms with Crippen LogP contribution in [-0.2, 0) is 34.5 Å². The van der Waals surface area contributed by atoms with Crippen LogP contribution < -0.4 is 16.0 Å². The maximum atomic E-state index is 13.3. The van der Waals surface area contributed by atoms with Crippen molar-refractivity contribution in [2.24, 2.45) is 7.05 Å². The van der Waals surface area contributed by atoms with Crippen molar-refractivity contribution in [2.45, 2.75) is 44.9 Å². The van der Waals surface area contributed by atoms with Gasteiger partial charge in [0.25, 0.3) is 5.91 Å². The third kappa shape index (κ3) is 8.45. The molecule has 0 aliphatic heterocycles. The Kier molecular flexibility index (Phi) is 10.5. The number of fused-ring (bicyclic) bond motifs is 1. The number of hydrogen-bond acceptors (Lipinski definition) is 5. The van der Waals surface area contributed by atoms with Gasteiger partial charge in [0.05, 0.1) is 5.92 Å². The molecule has 1 heterocycles. The molecule has 0 saturated heterocycles. The highest BCUT2D eigenvalue weighted by Crippen LogP contribution is 2.19. The van der Waals surface area contributed by atoms with Gasteiger partial charge in [-0.3, -0.25) is 14.4 Å². The number of para-hydroxylation sites is 1. The second-order valence-electron chi connectivity index (χ2n) is 10.3. The molecule has 1 unspecified atom stereocenters. The standard InChI is InChI=1S/C33H36N4O6/c1-22(32(40)41)25-14-8-12-24(18-25)20-35-30(38)27(15-9-17-34-33(42)43-21-23-10-4-3-5-11-23)36-31(39)29-19-26-13-6-7-16-28(26)37(29)2/h3-8,10-14,16,18-19,22,27H,9,15,17,20-21H2,1-2H3,(H,34,42)(H,35,38)(H,36,39)(H,40,41)/t22?,27-/m0/s1. The van der Waals surface area contributed by atoms with Gasteiger partial charge in [-0.15, -0.1) is 0 Å². The van der Waals surface area contributed by atoms with E-state index >= 15 is 0 Å². The predicted molar refractivity (Wildman–Crippen MR) is 162 cm³/mol. The van der Waals surface area contributed by atoms with Crippen LogP contribution in [0.3, 0.4) is 0 Å². The molecule has 0 radical (unpaired) electrons. The van der Waals surface area contributed by atoms with E-state index in [1.807, 2.05) is 54.6 Å². The summed E-state index contributed by atoms with van der Waals surface area (Å²) < 4.78 is 7.01. The molecule has 0 fully saturated rings. The van der Waals surface area contributed by atoms with Crippen LogP contribution in [-0.4, -0.2) is 46.1 Å². The number of aromatic nitrogens is 1. The molecule has 4 aromatic rings. The molecule has 0 saturated carbocycles. The second kappa shape index (κ2) is 14.7. The first kappa shape index (κ1) is 30.8. The zero-order valence-corrected chi connectivity index (χ0v) is 24.2. The molecular formula is C33H36N4O6. The smallest absolute Gasteiger partial charge is 0.407 e. The molecule has 0 bridgehead atoms. The van der Waals surface area contributed by atoms with Gasteiger partial charge in [0.1, 0.15) is 18.3 Å². The summed E-state index contributed by atoms with van der Waals surface area (Å²) in [5, 5.41) is 18.6.